The third-order valence-electron chi connectivity index (χ3n) is 2.56. The van der Waals surface area contributed by atoms with Gasteiger partial charge in [-0.1, -0.05) is 0 Å². The van der Waals surface area contributed by atoms with Crippen LogP contribution in [0.4, 0.5) is 5.82 Å². The zero-order chi connectivity index (χ0) is 10.8. The second-order valence-electron chi connectivity index (χ2n) is 3.50. The lowest BCUT2D eigenvalue weighted by molar-refractivity contribution is 0.246. The molecule has 7 heteroatoms. The number of nitrogens with zero attached hydrogens (tertiary/aromatic N) is 3. The van der Waals surface area contributed by atoms with Crippen molar-refractivity contribution in [2.24, 2.45) is 0 Å². The predicted molar refractivity (Wildman–Crippen MR) is 64.9 cm³/mol. The standard InChI is InChI=1S/C8H13ClN4S2/c1-6(9)12-2-4-13(5-3-12)8-7(10)14-15-11-8/h6,10H,2-5H2,1H3. The summed E-state index contributed by atoms with van der Waals surface area (Å²) in [6.07, 6.45) is 0. The van der Waals surface area contributed by atoms with Crippen LogP contribution in [0.25, 0.3) is 0 Å². The van der Waals surface area contributed by atoms with Gasteiger partial charge in [0.15, 0.2) is 10.5 Å². The summed E-state index contributed by atoms with van der Waals surface area (Å²) in [5.41, 5.74) is 0.0980. The molecule has 1 N–H and O–H groups in total. The van der Waals surface area contributed by atoms with Crippen LogP contribution in [-0.2, 0) is 0 Å². The molecule has 84 valence electrons. The monoisotopic (exact) mass is 264 g/mol. The average molecular weight is 265 g/mol. The Morgan fingerprint density at radius 3 is 2.53 bits per heavy atom. The van der Waals surface area contributed by atoms with Gasteiger partial charge in [-0.3, -0.25) is 10.3 Å². The molecule has 0 aromatic carbocycles. The molecule has 0 aliphatic carbocycles. The smallest absolute Gasteiger partial charge is 0.178 e. The maximum Gasteiger partial charge on any atom is 0.178 e. The Kier molecular flexibility index (Phi) is 3.60. The molecule has 0 radical (unpaired) electrons. The molecule has 1 fully saturated rings. The number of aromatic nitrogens is 1. The first kappa shape index (κ1) is 11.3. The van der Waals surface area contributed by atoms with E-state index in [1.54, 1.807) is 0 Å². The molecule has 1 aromatic heterocycles. The number of nitrogens with one attached hydrogen (secondary N) is 1. The van der Waals surface area contributed by atoms with Gasteiger partial charge in [0.2, 0.25) is 0 Å². The maximum absolute atomic E-state index is 7.71. The first-order valence-corrected chi connectivity index (χ1v) is 7.36. The average Bonchev–Trinajstić information content (AvgIpc) is 2.65. The van der Waals surface area contributed by atoms with Gasteiger partial charge >= 0.3 is 0 Å². The fraction of sp³-hybridized carbons (Fsp3) is 0.750. The largest absolute Gasteiger partial charge is 0.351 e. The van der Waals surface area contributed by atoms with Crippen molar-refractivity contribution in [3.63, 3.8) is 0 Å². The number of rotatable bonds is 2. The highest BCUT2D eigenvalue weighted by atomic mass is 35.5. The molecule has 0 saturated carbocycles. The molecule has 1 aromatic rings. The molecule has 1 unspecified atom stereocenters. The van der Waals surface area contributed by atoms with Crippen LogP contribution in [0.5, 0.6) is 0 Å². The summed E-state index contributed by atoms with van der Waals surface area (Å²) < 4.78 is 4.83. The number of hydrogen-bond donors (Lipinski definition) is 1. The van der Waals surface area contributed by atoms with Gasteiger partial charge in [0, 0.05) is 36.7 Å². The predicted octanol–water partition coefficient (Wildman–Crippen LogP) is 1.39. The highest BCUT2D eigenvalue weighted by molar-refractivity contribution is 7.66. The topological polar surface area (TPSA) is 43.2 Å². The Bertz CT molecular complexity index is 367. The van der Waals surface area contributed by atoms with E-state index in [0.29, 0.717) is 4.67 Å². The lowest BCUT2D eigenvalue weighted by Gasteiger charge is -2.35. The first-order chi connectivity index (χ1) is 7.18. The summed E-state index contributed by atoms with van der Waals surface area (Å²) in [5.74, 6) is 0.840. The first-order valence-electron chi connectivity index (χ1n) is 4.82. The quantitative estimate of drug-likeness (QED) is 0.499. The fourth-order valence-electron chi connectivity index (χ4n) is 1.66. The van der Waals surface area contributed by atoms with Gasteiger partial charge in [-0.25, -0.2) is 0 Å². The molecule has 1 aliphatic rings. The van der Waals surface area contributed by atoms with Gasteiger partial charge < -0.3 is 4.90 Å². The van der Waals surface area contributed by atoms with E-state index in [4.69, 9.17) is 17.0 Å². The molecule has 2 rings (SSSR count). The Balaban J connectivity index is 2.00. The lowest BCUT2D eigenvalue weighted by atomic mass is 10.3. The van der Waals surface area contributed by atoms with Crippen LogP contribution in [-0.4, -0.2) is 41.0 Å². The molecular weight excluding hydrogens is 252 g/mol. The fourth-order valence-corrected chi connectivity index (χ4v) is 3.32. The van der Waals surface area contributed by atoms with Gasteiger partial charge in [-0.15, -0.1) is 11.6 Å². The minimum absolute atomic E-state index is 0.0980. The van der Waals surface area contributed by atoms with E-state index in [2.05, 4.69) is 14.2 Å². The van der Waals surface area contributed by atoms with Crippen LogP contribution in [0.3, 0.4) is 0 Å². The lowest BCUT2D eigenvalue weighted by Crippen LogP contribution is -2.49. The van der Waals surface area contributed by atoms with E-state index in [9.17, 15) is 0 Å². The highest BCUT2D eigenvalue weighted by Crippen LogP contribution is 2.15. The van der Waals surface area contributed by atoms with E-state index < -0.39 is 0 Å². The SMILES string of the molecule is CC(Cl)N1CCN(c2nssc2=N)CC1. The van der Waals surface area contributed by atoms with Gasteiger partial charge in [-0.05, 0) is 17.3 Å². The number of anilines is 1. The Hall–Kier alpha value is -0.170. The molecule has 15 heavy (non-hydrogen) atoms. The summed E-state index contributed by atoms with van der Waals surface area (Å²) in [6.45, 7) is 5.73. The van der Waals surface area contributed by atoms with Crippen molar-refractivity contribution in [2.75, 3.05) is 31.1 Å². The summed E-state index contributed by atoms with van der Waals surface area (Å²) in [4.78, 5) is 4.41. The molecule has 1 saturated heterocycles. The van der Waals surface area contributed by atoms with E-state index >= 15 is 0 Å². The van der Waals surface area contributed by atoms with Crippen molar-refractivity contribution in [3.8, 4) is 0 Å². The summed E-state index contributed by atoms with van der Waals surface area (Å²) in [7, 11) is 2.81. The molecule has 1 atom stereocenters. The third kappa shape index (κ3) is 2.50. The minimum atomic E-state index is 0.0980. The van der Waals surface area contributed by atoms with Crippen molar-refractivity contribution in [1.82, 2.24) is 9.27 Å². The van der Waals surface area contributed by atoms with Crippen molar-refractivity contribution in [2.45, 2.75) is 12.4 Å². The van der Waals surface area contributed by atoms with Crippen molar-refractivity contribution >= 4 is 38.3 Å². The Labute approximate surface area is 101 Å². The highest BCUT2D eigenvalue weighted by Gasteiger charge is 2.21. The number of piperazine rings is 1. The Morgan fingerprint density at radius 1 is 1.40 bits per heavy atom. The van der Waals surface area contributed by atoms with Gasteiger partial charge in [0.25, 0.3) is 0 Å². The van der Waals surface area contributed by atoms with E-state index in [1.807, 2.05) is 6.92 Å². The Morgan fingerprint density at radius 2 is 2.07 bits per heavy atom. The zero-order valence-corrected chi connectivity index (χ0v) is 10.8. The van der Waals surface area contributed by atoms with Crippen LogP contribution in [0.2, 0.25) is 0 Å². The second kappa shape index (κ2) is 4.78. The number of halogens is 1. The van der Waals surface area contributed by atoms with Crippen LogP contribution in [0, 0.1) is 5.41 Å². The van der Waals surface area contributed by atoms with E-state index in [0.717, 1.165) is 32.0 Å². The molecule has 0 spiro atoms. The zero-order valence-electron chi connectivity index (χ0n) is 8.44. The molecule has 2 heterocycles. The normalized spacial score (nSPS) is 20.5. The van der Waals surface area contributed by atoms with Crippen molar-refractivity contribution < 1.29 is 0 Å². The molecule has 0 amide bonds. The van der Waals surface area contributed by atoms with Gasteiger partial charge in [-0.2, -0.15) is 4.37 Å². The van der Waals surface area contributed by atoms with Crippen LogP contribution in [0.15, 0.2) is 0 Å². The maximum atomic E-state index is 7.71. The van der Waals surface area contributed by atoms with Crippen LogP contribution < -0.4 is 9.57 Å². The van der Waals surface area contributed by atoms with Crippen molar-refractivity contribution in [3.05, 3.63) is 4.67 Å². The molecule has 1 aliphatic heterocycles. The van der Waals surface area contributed by atoms with Crippen LogP contribution >= 0.6 is 32.5 Å². The minimum Gasteiger partial charge on any atom is -0.351 e. The van der Waals surface area contributed by atoms with Crippen LogP contribution in [0.1, 0.15) is 6.92 Å². The summed E-state index contributed by atoms with van der Waals surface area (Å²) in [5, 5.41) is 7.71. The van der Waals surface area contributed by atoms with Gasteiger partial charge in [0.05, 0.1) is 5.50 Å². The summed E-state index contributed by atoms with van der Waals surface area (Å²) >= 11 is 6.02. The van der Waals surface area contributed by atoms with E-state index in [1.165, 1.54) is 20.9 Å². The number of hydrogen-bond acceptors (Lipinski definition) is 6. The summed E-state index contributed by atoms with van der Waals surface area (Å²) in [6, 6.07) is 0. The van der Waals surface area contributed by atoms with E-state index in [-0.39, 0.29) is 5.50 Å². The third-order valence-corrected chi connectivity index (χ3v) is 4.46. The molecular formula is C8H13ClN4S2. The molecule has 4 nitrogen and oxygen atoms in total. The van der Waals surface area contributed by atoms with Crippen molar-refractivity contribution in [1.29, 1.82) is 5.41 Å². The second-order valence-corrected chi connectivity index (χ2v) is 5.98. The van der Waals surface area contributed by atoms with Gasteiger partial charge in [0.1, 0.15) is 0 Å². The molecule has 0 bridgehead atoms. The number of alkyl halides is 1.